The summed E-state index contributed by atoms with van der Waals surface area (Å²) in [7, 11) is 1.69. The number of pyridine rings is 1. The molecule has 0 fully saturated rings. The maximum atomic E-state index is 6.26. The monoisotopic (exact) mass is 271 g/mol. The minimum absolute atomic E-state index is 0.454. The number of aromatic nitrogens is 1. The van der Waals surface area contributed by atoms with Crippen LogP contribution in [0.3, 0.4) is 0 Å². The summed E-state index contributed by atoms with van der Waals surface area (Å²) in [6, 6.07) is 1.88. The first-order chi connectivity index (χ1) is 8.58. The summed E-state index contributed by atoms with van der Waals surface area (Å²) in [6.07, 6.45) is 1.78. The van der Waals surface area contributed by atoms with Gasteiger partial charge in [0.1, 0.15) is 5.82 Å². The fraction of sp³-hybridized carbons (Fsp3) is 0.615. The van der Waals surface area contributed by atoms with Gasteiger partial charge in [0.2, 0.25) is 0 Å². The van der Waals surface area contributed by atoms with Crippen LogP contribution in [0.1, 0.15) is 19.4 Å². The summed E-state index contributed by atoms with van der Waals surface area (Å²) in [5, 5.41) is 0.648. The Kier molecular flexibility index (Phi) is 6.39. The lowest BCUT2D eigenvalue weighted by Gasteiger charge is -2.26. The Labute approximate surface area is 114 Å². The molecule has 1 aromatic heterocycles. The van der Waals surface area contributed by atoms with Gasteiger partial charge in [-0.2, -0.15) is 0 Å². The van der Waals surface area contributed by atoms with E-state index in [0.29, 0.717) is 24.1 Å². The molecule has 0 bridgehead atoms. The van der Waals surface area contributed by atoms with Gasteiger partial charge in [-0.05, 0) is 17.5 Å². The Balaban J connectivity index is 2.89. The molecule has 0 amide bonds. The molecule has 2 N–H and O–H groups in total. The molecule has 0 aliphatic rings. The normalized spacial score (nSPS) is 11.0. The molecule has 4 nitrogen and oxygen atoms in total. The van der Waals surface area contributed by atoms with Crippen LogP contribution in [-0.4, -0.2) is 31.8 Å². The molecule has 18 heavy (non-hydrogen) atoms. The molecule has 0 unspecified atom stereocenters. The van der Waals surface area contributed by atoms with Crippen LogP contribution in [0.2, 0.25) is 5.02 Å². The van der Waals surface area contributed by atoms with Crippen molar-refractivity contribution in [2.45, 2.75) is 20.4 Å². The van der Waals surface area contributed by atoms with Crippen molar-refractivity contribution in [3.8, 4) is 0 Å². The van der Waals surface area contributed by atoms with Crippen LogP contribution < -0.4 is 10.6 Å². The second-order valence-corrected chi connectivity index (χ2v) is 5.09. The van der Waals surface area contributed by atoms with Gasteiger partial charge >= 0.3 is 0 Å². The third-order valence-corrected chi connectivity index (χ3v) is 2.84. The maximum absolute atomic E-state index is 6.26. The van der Waals surface area contributed by atoms with Crippen LogP contribution in [0, 0.1) is 5.92 Å². The predicted molar refractivity (Wildman–Crippen MR) is 76.1 cm³/mol. The van der Waals surface area contributed by atoms with E-state index >= 15 is 0 Å². The van der Waals surface area contributed by atoms with Crippen molar-refractivity contribution in [1.82, 2.24) is 4.98 Å². The molecule has 0 atom stereocenters. The van der Waals surface area contributed by atoms with E-state index in [9.17, 15) is 0 Å². The molecule has 0 aliphatic carbocycles. The van der Waals surface area contributed by atoms with Gasteiger partial charge in [0.15, 0.2) is 0 Å². The number of anilines is 1. The molecule has 0 aromatic carbocycles. The standard InChI is InChI=1S/C13H22ClN3O/c1-10(2)9-17(4-5-18-3)13-12(14)6-11(7-15)8-16-13/h6,8,10H,4-5,7,9,15H2,1-3H3. The first-order valence-corrected chi connectivity index (χ1v) is 6.54. The fourth-order valence-electron chi connectivity index (χ4n) is 1.74. The highest BCUT2D eigenvalue weighted by molar-refractivity contribution is 6.33. The van der Waals surface area contributed by atoms with Crippen molar-refractivity contribution < 1.29 is 4.74 Å². The Bertz CT molecular complexity index is 371. The van der Waals surface area contributed by atoms with Crippen LogP contribution in [0.15, 0.2) is 12.3 Å². The van der Waals surface area contributed by atoms with Crippen LogP contribution >= 0.6 is 11.6 Å². The number of hydrogen-bond donors (Lipinski definition) is 1. The van der Waals surface area contributed by atoms with E-state index in [1.165, 1.54) is 0 Å². The quantitative estimate of drug-likeness (QED) is 0.827. The summed E-state index contributed by atoms with van der Waals surface area (Å²) in [5.74, 6) is 1.34. The van der Waals surface area contributed by atoms with Gasteiger partial charge in [0, 0.05) is 32.9 Å². The molecule has 0 aliphatic heterocycles. The van der Waals surface area contributed by atoms with Crippen LogP contribution in [-0.2, 0) is 11.3 Å². The second-order valence-electron chi connectivity index (χ2n) is 4.69. The number of hydrogen-bond acceptors (Lipinski definition) is 4. The Morgan fingerprint density at radius 1 is 1.50 bits per heavy atom. The summed E-state index contributed by atoms with van der Waals surface area (Å²) >= 11 is 6.26. The molecule has 1 rings (SSSR count). The SMILES string of the molecule is COCCN(CC(C)C)c1ncc(CN)cc1Cl. The average Bonchev–Trinajstić information content (AvgIpc) is 2.34. The van der Waals surface area contributed by atoms with Crippen molar-refractivity contribution in [3.05, 3.63) is 22.8 Å². The first-order valence-electron chi connectivity index (χ1n) is 6.16. The van der Waals surface area contributed by atoms with Crippen molar-refractivity contribution in [2.24, 2.45) is 11.7 Å². The van der Waals surface area contributed by atoms with Gasteiger partial charge in [-0.3, -0.25) is 0 Å². The molecule has 1 heterocycles. The van der Waals surface area contributed by atoms with E-state index in [1.54, 1.807) is 13.3 Å². The molecule has 0 saturated carbocycles. The molecule has 5 heteroatoms. The van der Waals surface area contributed by atoms with Crippen LogP contribution in [0.4, 0.5) is 5.82 Å². The molecule has 0 radical (unpaired) electrons. The van der Waals surface area contributed by atoms with Crippen molar-refractivity contribution in [1.29, 1.82) is 0 Å². The van der Waals surface area contributed by atoms with E-state index in [4.69, 9.17) is 22.1 Å². The lowest BCUT2D eigenvalue weighted by Crippen LogP contribution is -2.32. The molecular weight excluding hydrogens is 250 g/mol. The number of rotatable bonds is 7. The van der Waals surface area contributed by atoms with Crippen LogP contribution in [0.25, 0.3) is 0 Å². The third kappa shape index (κ3) is 4.44. The van der Waals surface area contributed by atoms with Gasteiger partial charge in [-0.25, -0.2) is 4.98 Å². The third-order valence-electron chi connectivity index (χ3n) is 2.56. The molecule has 0 spiro atoms. The number of methoxy groups -OCH3 is 1. The number of halogens is 1. The predicted octanol–water partition coefficient (Wildman–Crippen LogP) is 2.30. The Hall–Kier alpha value is -0.840. The minimum atomic E-state index is 0.454. The maximum Gasteiger partial charge on any atom is 0.147 e. The van der Waals surface area contributed by atoms with Gasteiger partial charge < -0.3 is 15.4 Å². The van der Waals surface area contributed by atoms with E-state index in [-0.39, 0.29) is 0 Å². The molecule has 102 valence electrons. The Morgan fingerprint density at radius 2 is 2.22 bits per heavy atom. The van der Waals surface area contributed by atoms with E-state index in [2.05, 4.69) is 23.7 Å². The number of ether oxygens (including phenoxy) is 1. The fourth-order valence-corrected chi connectivity index (χ4v) is 2.05. The van der Waals surface area contributed by atoms with Crippen molar-refractivity contribution in [3.63, 3.8) is 0 Å². The first kappa shape index (κ1) is 15.2. The second kappa shape index (κ2) is 7.56. The van der Waals surface area contributed by atoms with Gasteiger partial charge in [-0.15, -0.1) is 0 Å². The Morgan fingerprint density at radius 3 is 2.72 bits per heavy atom. The smallest absolute Gasteiger partial charge is 0.147 e. The number of nitrogens with zero attached hydrogens (tertiary/aromatic N) is 2. The van der Waals surface area contributed by atoms with Gasteiger partial charge in [0.05, 0.1) is 11.6 Å². The van der Waals surface area contributed by atoms with Crippen molar-refractivity contribution in [2.75, 3.05) is 31.7 Å². The zero-order chi connectivity index (χ0) is 13.5. The van der Waals surface area contributed by atoms with E-state index < -0.39 is 0 Å². The van der Waals surface area contributed by atoms with Crippen LogP contribution in [0.5, 0.6) is 0 Å². The van der Waals surface area contributed by atoms with Gasteiger partial charge in [-0.1, -0.05) is 25.4 Å². The minimum Gasteiger partial charge on any atom is -0.383 e. The summed E-state index contributed by atoms with van der Waals surface area (Å²) in [4.78, 5) is 6.56. The topological polar surface area (TPSA) is 51.4 Å². The van der Waals surface area contributed by atoms with E-state index in [1.807, 2.05) is 6.07 Å². The zero-order valence-corrected chi connectivity index (χ0v) is 12.1. The molecule has 1 aromatic rings. The largest absolute Gasteiger partial charge is 0.383 e. The summed E-state index contributed by atoms with van der Waals surface area (Å²) in [6.45, 7) is 7.13. The molecular formula is C13H22ClN3O. The summed E-state index contributed by atoms with van der Waals surface area (Å²) in [5.41, 5.74) is 6.52. The van der Waals surface area contributed by atoms with E-state index in [0.717, 1.165) is 24.5 Å². The molecule has 0 saturated heterocycles. The highest BCUT2D eigenvalue weighted by Gasteiger charge is 2.13. The average molecular weight is 272 g/mol. The van der Waals surface area contributed by atoms with Crippen molar-refractivity contribution >= 4 is 17.4 Å². The lowest BCUT2D eigenvalue weighted by atomic mass is 10.2. The lowest BCUT2D eigenvalue weighted by molar-refractivity contribution is 0.204. The highest BCUT2D eigenvalue weighted by Crippen LogP contribution is 2.24. The zero-order valence-electron chi connectivity index (χ0n) is 11.3. The highest BCUT2D eigenvalue weighted by atomic mass is 35.5. The van der Waals surface area contributed by atoms with Gasteiger partial charge in [0.25, 0.3) is 0 Å². The summed E-state index contributed by atoms with van der Waals surface area (Å²) < 4.78 is 5.13. The number of nitrogens with two attached hydrogens (primary N) is 1.